The Balaban J connectivity index is 1.24. The van der Waals surface area contributed by atoms with E-state index >= 15 is 0 Å². The average Bonchev–Trinajstić information content (AvgIpc) is 3.86. The standard InChI is InChI=1S/C48H26OS2/c1-3-16-34-32(14-1)46(27-21-22-29-28-11-5-8-18-41(28)49-42(29)23-27)33-15-2-4-17-35(33)47(34)38-25-39-31-13-7-10-20-44(31)51-48(39)40-26-45-37(24-36(38)40)30-12-6-9-19-43(30)50-45/h1-26H. The van der Waals surface area contributed by atoms with Crippen molar-refractivity contribution in [3.05, 3.63) is 158 Å². The molecule has 12 rings (SSSR count). The molecule has 3 heteroatoms. The maximum absolute atomic E-state index is 6.41. The molecule has 0 radical (unpaired) electrons. The van der Waals surface area contributed by atoms with Crippen molar-refractivity contribution in [2.45, 2.75) is 0 Å². The number of rotatable bonds is 2. The van der Waals surface area contributed by atoms with Gasteiger partial charge in [0.2, 0.25) is 0 Å². The number of furan rings is 1. The zero-order valence-corrected chi connectivity index (χ0v) is 28.9. The fourth-order valence-electron chi connectivity index (χ4n) is 8.63. The topological polar surface area (TPSA) is 13.1 Å². The van der Waals surface area contributed by atoms with Gasteiger partial charge in [0.05, 0.1) is 0 Å². The molecule has 1 nitrogen and oxygen atoms in total. The summed E-state index contributed by atoms with van der Waals surface area (Å²) >= 11 is 3.81. The molecule has 0 spiro atoms. The van der Waals surface area contributed by atoms with E-state index in [9.17, 15) is 0 Å². The van der Waals surface area contributed by atoms with Crippen molar-refractivity contribution in [1.82, 2.24) is 0 Å². The van der Waals surface area contributed by atoms with Gasteiger partial charge >= 0.3 is 0 Å². The van der Waals surface area contributed by atoms with Crippen LogP contribution in [0.25, 0.3) is 117 Å². The van der Waals surface area contributed by atoms with Crippen LogP contribution in [0.2, 0.25) is 0 Å². The van der Waals surface area contributed by atoms with E-state index in [1.54, 1.807) is 0 Å². The highest BCUT2D eigenvalue weighted by atomic mass is 32.1. The minimum Gasteiger partial charge on any atom is -0.456 e. The summed E-state index contributed by atoms with van der Waals surface area (Å²) in [6.07, 6.45) is 0. The first kappa shape index (κ1) is 27.8. The SMILES string of the molecule is c1ccc2c(c1)oc1cc(-c3c4ccccc4c(-c4cc5c6ccccc6sc5c5cc6sc7ccccc7c6cc45)c4ccccc34)ccc12. The van der Waals surface area contributed by atoms with Crippen molar-refractivity contribution in [1.29, 1.82) is 0 Å². The molecule has 0 unspecified atom stereocenters. The Morgan fingerprint density at radius 2 is 0.863 bits per heavy atom. The summed E-state index contributed by atoms with van der Waals surface area (Å²) in [6.45, 7) is 0. The van der Waals surface area contributed by atoms with Crippen LogP contribution >= 0.6 is 22.7 Å². The van der Waals surface area contributed by atoms with Gasteiger partial charge in [0, 0.05) is 56.5 Å². The van der Waals surface area contributed by atoms with Crippen molar-refractivity contribution >= 4 is 117 Å². The van der Waals surface area contributed by atoms with Gasteiger partial charge in [0.15, 0.2) is 0 Å². The third kappa shape index (κ3) is 3.85. The molecular weight excluding hydrogens is 657 g/mol. The van der Waals surface area contributed by atoms with Crippen LogP contribution in [-0.2, 0) is 0 Å². The van der Waals surface area contributed by atoms with Crippen LogP contribution < -0.4 is 0 Å². The fraction of sp³-hybridized carbons (Fsp3) is 0. The van der Waals surface area contributed by atoms with Gasteiger partial charge in [0.1, 0.15) is 11.2 Å². The van der Waals surface area contributed by atoms with Gasteiger partial charge in [-0.3, -0.25) is 0 Å². The predicted molar refractivity (Wildman–Crippen MR) is 223 cm³/mol. The molecule has 0 aliphatic carbocycles. The highest BCUT2D eigenvalue weighted by Crippen LogP contribution is 2.50. The maximum Gasteiger partial charge on any atom is 0.136 e. The van der Waals surface area contributed by atoms with Gasteiger partial charge in [-0.05, 0) is 97.7 Å². The largest absolute Gasteiger partial charge is 0.456 e. The molecule has 0 aliphatic heterocycles. The van der Waals surface area contributed by atoms with Gasteiger partial charge < -0.3 is 4.42 Å². The molecule has 0 N–H and O–H groups in total. The van der Waals surface area contributed by atoms with Crippen LogP contribution in [0.15, 0.2) is 162 Å². The highest BCUT2D eigenvalue weighted by Gasteiger charge is 2.22. The summed E-state index contributed by atoms with van der Waals surface area (Å²) in [7, 11) is 0. The predicted octanol–water partition coefficient (Wildman–Crippen LogP) is 15.1. The normalized spacial score (nSPS) is 12.3. The summed E-state index contributed by atoms with van der Waals surface area (Å²) in [5.74, 6) is 0. The van der Waals surface area contributed by atoms with E-state index in [0.29, 0.717) is 0 Å². The molecule has 12 aromatic rings. The van der Waals surface area contributed by atoms with Crippen LogP contribution in [0.5, 0.6) is 0 Å². The summed E-state index contributed by atoms with van der Waals surface area (Å²) in [5.41, 5.74) is 6.81. The molecule has 51 heavy (non-hydrogen) atoms. The van der Waals surface area contributed by atoms with Gasteiger partial charge in [-0.1, -0.05) is 109 Å². The molecule has 0 amide bonds. The molecule has 3 heterocycles. The van der Waals surface area contributed by atoms with Gasteiger partial charge in [-0.25, -0.2) is 0 Å². The van der Waals surface area contributed by atoms with Gasteiger partial charge in [-0.15, -0.1) is 22.7 Å². The lowest BCUT2D eigenvalue weighted by Gasteiger charge is -2.19. The Morgan fingerprint density at radius 3 is 1.59 bits per heavy atom. The molecule has 0 saturated carbocycles. The fourth-order valence-corrected chi connectivity index (χ4v) is 11.0. The molecule has 0 saturated heterocycles. The van der Waals surface area contributed by atoms with Crippen molar-refractivity contribution < 1.29 is 4.42 Å². The van der Waals surface area contributed by atoms with E-state index in [2.05, 4.69) is 152 Å². The number of benzene rings is 9. The van der Waals surface area contributed by atoms with E-state index in [1.165, 1.54) is 89.4 Å². The van der Waals surface area contributed by atoms with Crippen LogP contribution in [-0.4, -0.2) is 0 Å². The van der Waals surface area contributed by atoms with Crippen molar-refractivity contribution in [3.63, 3.8) is 0 Å². The lowest BCUT2D eigenvalue weighted by atomic mass is 9.84. The van der Waals surface area contributed by atoms with Crippen LogP contribution in [0.1, 0.15) is 0 Å². The Bertz CT molecular complexity index is 3370. The molecule has 9 aromatic carbocycles. The summed E-state index contributed by atoms with van der Waals surface area (Å²) < 4.78 is 11.8. The monoisotopic (exact) mass is 682 g/mol. The minimum absolute atomic E-state index is 0.915. The van der Waals surface area contributed by atoms with Crippen LogP contribution in [0.3, 0.4) is 0 Å². The second kappa shape index (κ2) is 10.3. The molecule has 3 aromatic heterocycles. The molecule has 0 fully saturated rings. The van der Waals surface area contributed by atoms with Gasteiger partial charge in [-0.2, -0.15) is 0 Å². The highest BCUT2D eigenvalue weighted by molar-refractivity contribution is 7.27. The first-order valence-electron chi connectivity index (χ1n) is 17.3. The Morgan fingerprint density at radius 1 is 0.314 bits per heavy atom. The lowest BCUT2D eigenvalue weighted by Crippen LogP contribution is -1.92. The number of hydrogen-bond donors (Lipinski definition) is 0. The van der Waals surface area contributed by atoms with Crippen LogP contribution in [0, 0.1) is 0 Å². The van der Waals surface area contributed by atoms with E-state index in [0.717, 1.165) is 27.5 Å². The molecule has 0 aliphatic rings. The summed E-state index contributed by atoms with van der Waals surface area (Å²) in [4.78, 5) is 0. The van der Waals surface area contributed by atoms with E-state index in [-0.39, 0.29) is 0 Å². The zero-order chi connectivity index (χ0) is 33.2. The van der Waals surface area contributed by atoms with E-state index in [4.69, 9.17) is 4.42 Å². The van der Waals surface area contributed by atoms with Gasteiger partial charge in [0.25, 0.3) is 0 Å². The Kier molecular flexibility index (Phi) is 5.59. The van der Waals surface area contributed by atoms with E-state index < -0.39 is 0 Å². The summed E-state index contributed by atoms with van der Waals surface area (Å²) in [5, 5.41) is 15.2. The van der Waals surface area contributed by atoms with E-state index in [1.807, 2.05) is 28.7 Å². The Hall–Kier alpha value is -6.00. The maximum atomic E-state index is 6.41. The molecular formula is C48H26OS2. The van der Waals surface area contributed by atoms with Crippen molar-refractivity contribution in [3.8, 4) is 22.3 Å². The molecule has 0 atom stereocenters. The summed E-state index contributed by atoms with van der Waals surface area (Å²) in [6, 6.07) is 58.2. The first-order valence-corrected chi connectivity index (χ1v) is 19.0. The second-order valence-corrected chi connectivity index (χ2v) is 15.7. The third-order valence-corrected chi connectivity index (χ3v) is 13.2. The minimum atomic E-state index is 0.915. The number of fused-ring (bicyclic) bond motifs is 13. The smallest absolute Gasteiger partial charge is 0.136 e. The lowest BCUT2D eigenvalue weighted by molar-refractivity contribution is 0.669. The molecule has 0 bridgehead atoms. The zero-order valence-electron chi connectivity index (χ0n) is 27.2. The number of thiophene rings is 2. The second-order valence-electron chi connectivity index (χ2n) is 13.5. The Labute approximate surface area is 300 Å². The number of hydrogen-bond acceptors (Lipinski definition) is 3. The molecule has 236 valence electrons. The average molecular weight is 683 g/mol. The van der Waals surface area contributed by atoms with Crippen molar-refractivity contribution in [2.75, 3.05) is 0 Å². The third-order valence-electron chi connectivity index (χ3n) is 10.8. The number of para-hydroxylation sites is 1. The van der Waals surface area contributed by atoms with Crippen molar-refractivity contribution in [2.24, 2.45) is 0 Å². The quantitative estimate of drug-likeness (QED) is 0.165. The first-order chi connectivity index (χ1) is 25.3. The van der Waals surface area contributed by atoms with Crippen LogP contribution in [0.4, 0.5) is 0 Å².